The van der Waals surface area contributed by atoms with Crippen molar-refractivity contribution in [2.24, 2.45) is 0 Å². The number of carbonyl (C=O) groups is 1. The molecule has 3 rings (SSSR count). The standard InChI is InChI=1S/C16H15N3O3/c1-3-16(2)21-13-5-4-11(7-14(13)22-16)19-15(20)12-6-10(8-17)9-18-12/h4-7,9,18H,3H2,1-2H3,(H,19,20)/t16-/m0/s1. The van der Waals surface area contributed by atoms with Crippen molar-refractivity contribution in [1.82, 2.24) is 4.98 Å². The van der Waals surface area contributed by atoms with Gasteiger partial charge in [0.1, 0.15) is 11.8 Å². The lowest BCUT2D eigenvalue weighted by Crippen LogP contribution is -2.33. The molecule has 0 unspecified atom stereocenters. The summed E-state index contributed by atoms with van der Waals surface area (Å²) >= 11 is 0. The lowest BCUT2D eigenvalue weighted by atomic mass is 10.2. The van der Waals surface area contributed by atoms with E-state index in [2.05, 4.69) is 10.3 Å². The van der Waals surface area contributed by atoms with Crippen LogP contribution in [-0.4, -0.2) is 16.7 Å². The number of hydrogen-bond donors (Lipinski definition) is 2. The third-order valence-electron chi connectivity index (χ3n) is 3.55. The number of ether oxygens (including phenoxy) is 2. The first-order chi connectivity index (χ1) is 10.5. The van der Waals surface area contributed by atoms with Gasteiger partial charge in [0, 0.05) is 31.3 Å². The zero-order valence-corrected chi connectivity index (χ0v) is 12.3. The molecule has 1 atom stereocenters. The molecule has 1 aliphatic rings. The summed E-state index contributed by atoms with van der Waals surface area (Å²) < 4.78 is 11.5. The van der Waals surface area contributed by atoms with Gasteiger partial charge in [-0.2, -0.15) is 5.26 Å². The van der Waals surface area contributed by atoms with E-state index < -0.39 is 5.79 Å². The van der Waals surface area contributed by atoms with Crippen molar-refractivity contribution in [2.75, 3.05) is 5.32 Å². The molecular weight excluding hydrogens is 282 g/mol. The van der Waals surface area contributed by atoms with Gasteiger partial charge in [0.2, 0.25) is 5.79 Å². The monoisotopic (exact) mass is 297 g/mol. The molecular formula is C16H15N3O3. The van der Waals surface area contributed by atoms with Gasteiger partial charge in [-0.15, -0.1) is 0 Å². The number of H-pyrrole nitrogens is 1. The molecule has 6 nitrogen and oxygen atoms in total. The number of carbonyl (C=O) groups excluding carboxylic acids is 1. The van der Waals surface area contributed by atoms with E-state index in [-0.39, 0.29) is 5.91 Å². The summed E-state index contributed by atoms with van der Waals surface area (Å²) in [4.78, 5) is 14.9. The van der Waals surface area contributed by atoms with E-state index in [1.54, 1.807) is 18.2 Å². The lowest BCUT2D eigenvalue weighted by Gasteiger charge is -2.20. The summed E-state index contributed by atoms with van der Waals surface area (Å²) in [6.45, 7) is 3.85. The molecule has 1 aromatic heterocycles. The van der Waals surface area contributed by atoms with Crippen LogP contribution in [0.15, 0.2) is 30.5 Å². The minimum Gasteiger partial charge on any atom is -0.449 e. The summed E-state index contributed by atoms with van der Waals surface area (Å²) in [7, 11) is 0. The van der Waals surface area contributed by atoms with Crippen molar-refractivity contribution >= 4 is 11.6 Å². The third-order valence-corrected chi connectivity index (χ3v) is 3.55. The third kappa shape index (κ3) is 2.49. The highest BCUT2D eigenvalue weighted by atomic mass is 16.7. The molecule has 1 aliphatic heterocycles. The number of benzene rings is 1. The van der Waals surface area contributed by atoms with Gasteiger partial charge in [-0.05, 0) is 18.2 Å². The number of nitrogens with one attached hydrogen (secondary N) is 2. The summed E-state index contributed by atoms with van der Waals surface area (Å²) in [6, 6.07) is 8.70. The van der Waals surface area contributed by atoms with E-state index in [9.17, 15) is 4.79 Å². The SMILES string of the molecule is CC[C@@]1(C)Oc2ccc(NC(=O)c3cc(C#N)c[nH]3)cc2O1. The van der Waals surface area contributed by atoms with E-state index in [4.69, 9.17) is 14.7 Å². The highest BCUT2D eigenvalue weighted by molar-refractivity contribution is 6.03. The number of hydrogen-bond acceptors (Lipinski definition) is 4. The molecule has 0 saturated carbocycles. The maximum atomic E-state index is 12.1. The molecule has 0 saturated heterocycles. The Morgan fingerprint density at radius 3 is 2.82 bits per heavy atom. The molecule has 0 spiro atoms. The first-order valence-corrected chi connectivity index (χ1v) is 6.95. The Labute approximate surface area is 127 Å². The highest BCUT2D eigenvalue weighted by Gasteiger charge is 2.35. The van der Waals surface area contributed by atoms with Gasteiger partial charge in [0.15, 0.2) is 11.5 Å². The maximum Gasteiger partial charge on any atom is 0.272 e. The van der Waals surface area contributed by atoms with Crippen LogP contribution in [0.2, 0.25) is 0 Å². The Bertz CT molecular complexity index is 775. The van der Waals surface area contributed by atoms with Crippen LogP contribution in [0.25, 0.3) is 0 Å². The fourth-order valence-corrected chi connectivity index (χ4v) is 2.17. The fourth-order valence-electron chi connectivity index (χ4n) is 2.17. The molecule has 0 aliphatic carbocycles. The van der Waals surface area contributed by atoms with E-state index in [1.807, 2.05) is 19.9 Å². The number of anilines is 1. The van der Waals surface area contributed by atoms with Gasteiger partial charge in [-0.1, -0.05) is 6.92 Å². The van der Waals surface area contributed by atoms with Crippen molar-refractivity contribution in [1.29, 1.82) is 5.26 Å². The molecule has 112 valence electrons. The second-order valence-electron chi connectivity index (χ2n) is 5.22. The van der Waals surface area contributed by atoms with Crippen LogP contribution in [0.5, 0.6) is 11.5 Å². The number of amides is 1. The Kier molecular flexibility index (Phi) is 3.26. The van der Waals surface area contributed by atoms with Crippen LogP contribution in [0.1, 0.15) is 36.3 Å². The van der Waals surface area contributed by atoms with Crippen molar-refractivity contribution in [3.8, 4) is 17.6 Å². The van der Waals surface area contributed by atoms with Gasteiger partial charge in [0.05, 0.1) is 5.56 Å². The van der Waals surface area contributed by atoms with E-state index in [1.165, 1.54) is 12.3 Å². The van der Waals surface area contributed by atoms with Crippen LogP contribution in [0, 0.1) is 11.3 Å². The van der Waals surface area contributed by atoms with Gasteiger partial charge < -0.3 is 19.8 Å². The molecule has 2 aromatic rings. The van der Waals surface area contributed by atoms with Crippen molar-refractivity contribution in [2.45, 2.75) is 26.1 Å². The van der Waals surface area contributed by atoms with Crippen molar-refractivity contribution in [3.63, 3.8) is 0 Å². The zero-order chi connectivity index (χ0) is 15.7. The summed E-state index contributed by atoms with van der Waals surface area (Å²) in [5.74, 6) is 0.283. The average Bonchev–Trinajstić information content (AvgIpc) is 3.10. The van der Waals surface area contributed by atoms with Crippen LogP contribution in [-0.2, 0) is 0 Å². The first-order valence-electron chi connectivity index (χ1n) is 6.95. The van der Waals surface area contributed by atoms with E-state index in [0.717, 1.165) is 0 Å². The predicted molar refractivity (Wildman–Crippen MR) is 79.9 cm³/mol. The number of aromatic amines is 1. The largest absolute Gasteiger partial charge is 0.449 e. The smallest absolute Gasteiger partial charge is 0.272 e. The van der Waals surface area contributed by atoms with E-state index in [0.29, 0.717) is 34.9 Å². The first kappa shape index (κ1) is 14.0. The van der Waals surface area contributed by atoms with Gasteiger partial charge in [-0.3, -0.25) is 4.79 Å². The van der Waals surface area contributed by atoms with Crippen LogP contribution in [0.3, 0.4) is 0 Å². The number of nitrogens with zero attached hydrogens (tertiary/aromatic N) is 1. The highest BCUT2D eigenvalue weighted by Crippen LogP contribution is 2.42. The summed E-state index contributed by atoms with van der Waals surface area (Å²) in [6.07, 6.45) is 2.20. The molecule has 6 heteroatoms. The minimum absolute atomic E-state index is 0.321. The lowest BCUT2D eigenvalue weighted by molar-refractivity contribution is -0.0640. The predicted octanol–water partition coefficient (Wildman–Crippen LogP) is 3.04. The molecule has 2 heterocycles. The fraction of sp³-hybridized carbons (Fsp3) is 0.250. The van der Waals surface area contributed by atoms with E-state index >= 15 is 0 Å². The molecule has 2 N–H and O–H groups in total. The number of rotatable bonds is 3. The quantitative estimate of drug-likeness (QED) is 0.911. The Balaban J connectivity index is 1.76. The van der Waals surface area contributed by atoms with Crippen molar-refractivity contribution in [3.05, 3.63) is 41.7 Å². The average molecular weight is 297 g/mol. The van der Waals surface area contributed by atoms with Crippen molar-refractivity contribution < 1.29 is 14.3 Å². The molecule has 0 fully saturated rings. The van der Waals surface area contributed by atoms with Crippen LogP contribution in [0.4, 0.5) is 5.69 Å². The molecule has 0 radical (unpaired) electrons. The number of nitriles is 1. The normalized spacial score (nSPS) is 18.8. The van der Waals surface area contributed by atoms with Crippen LogP contribution >= 0.6 is 0 Å². The van der Waals surface area contributed by atoms with Crippen LogP contribution < -0.4 is 14.8 Å². The van der Waals surface area contributed by atoms with Gasteiger partial charge in [-0.25, -0.2) is 0 Å². The molecule has 1 amide bonds. The number of aromatic nitrogens is 1. The molecule has 0 bridgehead atoms. The second-order valence-corrected chi connectivity index (χ2v) is 5.22. The van der Waals surface area contributed by atoms with Gasteiger partial charge >= 0.3 is 0 Å². The molecule has 22 heavy (non-hydrogen) atoms. The second kappa shape index (κ2) is 5.11. The number of fused-ring (bicyclic) bond motifs is 1. The summed E-state index contributed by atoms with van der Waals surface area (Å²) in [5, 5.41) is 11.5. The minimum atomic E-state index is -0.661. The Hall–Kier alpha value is -2.94. The summed E-state index contributed by atoms with van der Waals surface area (Å²) in [5.41, 5.74) is 1.34. The topological polar surface area (TPSA) is 87.1 Å². The zero-order valence-electron chi connectivity index (χ0n) is 12.3. The Morgan fingerprint density at radius 1 is 1.36 bits per heavy atom. The maximum absolute atomic E-state index is 12.1. The Morgan fingerprint density at radius 2 is 2.14 bits per heavy atom. The molecule has 1 aromatic carbocycles. The van der Waals surface area contributed by atoms with Gasteiger partial charge in [0.25, 0.3) is 5.91 Å².